The Morgan fingerprint density at radius 1 is 1.15 bits per heavy atom. The van der Waals surface area contributed by atoms with E-state index >= 15 is 0 Å². The Morgan fingerprint density at radius 3 is 2.62 bits per heavy atom. The molecule has 1 aromatic heterocycles. The van der Waals surface area contributed by atoms with Crippen molar-refractivity contribution in [2.24, 2.45) is 0 Å². The molecule has 1 aliphatic rings. The second-order valence-corrected chi connectivity index (χ2v) is 7.00. The molecule has 0 bridgehead atoms. The van der Waals surface area contributed by atoms with Crippen LogP contribution in [0.4, 0.5) is 0 Å². The summed E-state index contributed by atoms with van der Waals surface area (Å²) in [7, 11) is 0. The first-order chi connectivity index (χ1) is 12.7. The van der Waals surface area contributed by atoms with Crippen LogP contribution in [-0.2, 0) is 11.2 Å². The Morgan fingerprint density at radius 2 is 1.88 bits per heavy atom. The van der Waals surface area contributed by atoms with E-state index in [1.54, 1.807) is 6.07 Å². The van der Waals surface area contributed by atoms with Crippen LogP contribution < -0.4 is 15.7 Å². The van der Waals surface area contributed by atoms with E-state index in [1.807, 2.05) is 19.1 Å². The number of aryl methyl sites for hydroxylation is 1. The van der Waals surface area contributed by atoms with Gasteiger partial charge in [0.25, 0.3) is 5.91 Å². The van der Waals surface area contributed by atoms with Crippen molar-refractivity contribution in [1.29, 1.82) is 0 Å². The predicted octanol–water partition coefficient (Wildman–Crippen LogP) is 3.96. The van der Waals surface area contributed by atoms with Crippen LogP contribution in [-0.4, -0.2) is 18.6 Å². The minimum atomic E-state index is -0.367. The molecule has 0 aliphatic heterocycles. The number of hydrogen-bond acceptors (Lipinski definition) is 4. The summed E-state index contributed by atoms with van der Waals surface area (Å²) in [5.74, 6) is 0.432. The molecule has 1 N–H and O–H groups in total. The van der Waals surface area contributed by atoms with Crippen LogP contribution in [0.3, 0.4) is 0 Å². The van der Waals surface area contributed by atoms with Gasteiger partial charge in [-0.2, -0.15) is 0 Å². The number of fused-ring (bicyclic) bond motifs is 1. The molecule has 1 heterocycles. The van der Waals surface area contributed by atoms with Gasteiger partial charge in [-0.1, -0.05) is 39.0 Å². The van der Waals surface area contributed by atoms with E-state index in [2.05, 4.69) is 5.32 Å². The molecule has 1 aromatic carbocycles. The lowest BCUT2D eigenvalue weighted by Gasteiger charge is -2.21. The molecule has 1 amide bonds. The molecular formula is C21H27NO4. The number of nitrogens with one attached hydrogen (secondary N) is 1. The molecule has 140 valence electrons. The Bertz CT molecular complexity index is 803. The Labute approximate surface area is 153 Å². The molecule has 2 aromatic rings. The molecule has 1 saturated carbocycles. The zero-order chi connectivity index (χ0) is 18.4. The summed E-state index contributed by atoms with van der Waals surface area (Å²) in [4.78, 5) is 23.8. The van der Waals surface area contributed by atoms with Crippen LogP contribution in [0.25, 0.3) is 11.0 Å². The van der Waals surface area contributed by atoms with Gasteiger partial charge in [0.15, 0.2) is 6.61 Å². The number of rotatable bonds is 5. The molecule has 0 spiro atoms. The van der Waals surface area contributed by atoms with E-state index in [-0.39, 0.29) is 24.2 Å². The lowest BCUT2D eigenvalue weighted by molar-refractivity contribution is -0.123. The minimum Gasteiger partial charge on any atom is -0.484 e. The molecule has 5 heteroatoms. The molecular weight excluding hydrogens is 330 g/mol. The minimum absolute atomic E-state index is 0.0281. The number of hydrogen-bond donors (Lipinski definition) is 1. The van der Waals surface area contributed by atoms with Crippen LogP contribution in [0, 0.1) is 0 Å². The third-order valence-electron chi connectivity index (χ3n) is 5.02. The highest BCUT2D eigenvalue weighted by atomic mass is 16.5. The van der Waals surface area contributed by atoms with Gasteiger partial charge >= 0.3 is 5.63 Å². The summed E-state index contributed by atoms with van der Waals surface area (Å²) < 4.78 is 10.9. The van der Waals surface area contributed by atoms with E-state index in [9.17, 15) is 9.59 Å². The Balaban J connectivity index is 1.60. The molecule has 1 fully saturated rings. The van der Waals surface area contributed by atoms with Crippen molar-refractivity contribution in [2.45, 2.75) is 64.3 Å². The summed E-state index contributed by atoms with van der Waals surface area (Å²) in [6, 6.07) is 7.14. The largest absolute Gasteiger partial charge is 0.484 e. The predicted molar refractivity (Wildman–Crippen MR) is 102 cm³/mol. The molecule has 3 rings (SSSR count). The van der Waals surface area contributed by atoms with Crippen molar-refractivity contribution < 1.29 is 13.9 Å². The molecule has 1 aliphatic carbocycles. The fourth-order valence-electron chi connectivity index (χ4n) is 3.61. The highest BCUT2D eigenvalue weighted by molar-refractivity contribution is 5.82. The first-order valence-electron chi connectivity index (χ1n) is 9.64. The maximum atomic E-state index is 12.2. The van der Waals surface area contributed by atoms with E-state index in [4.69, 9.17) is 9.15 Å². The monoisotopic (exact) mass is 357 g/mol. The number of benzene rings is 1. The third-order valence-corrected chi connectivity index (χ3v) is 5.02. The van der Waals surface area contributed by atoms with Crippen molar-refractivity contribution >= 4 is 16.9 Å². The molecule has 0 unspecified atom stereocenters. The van der Waals surface area contributed by atoms with Crippen molar-refractivity contribution in [1.82, 2.24) is 5.32 Å². The van der Waals surface area contributed by atoms with E-state index in [0.717, 1.165) is 30.2 Å². The van der Waals surface area contributed by atoms with Gasteiger partial charge < -0.3 is 14.5 Å². The smallest absolute Gasteiger partial charge is 0.336 e. The summed E-state index contributed by atoms with van der Waals surface area (Å²) in [5.41, 5.74) is 1.07. The lowest BCUT2D eigenvalue weighted by atomic mass is 9.97. The third kappa shape index (κ3) is 4.87. The standard InChI is InChI=1S/C21H27NO4/c1-2-15-12-21(24)26-19-13-17(10-11-18(15)19)25-14-20(23)22-16-8-6-4-3-5-7-9-16/h10-13,16H,2-9,14H2,1H3,(H,22,23). The van der Waals surface area contributed by atoms with Crippen LogP contribution >= 0.6 is 0 Å². The second kappa shape index (κ2) is 8.88. The Hall–Kier alpha value is -2.30. The second-order valence-electron chi connectivity index (χ2n) is 7.00. The summed E-state index contributed by atoms with van der Waals surface area (Å²) in [6.07, 6.45) is 9.02. The van der Waals surface area contributed by atoms with E-state index < -0.39 is 0 Å². The zero-order valence-corrected chi connectivity index (χ0v) is 15.4. The number of carbonyl (C=O) groups excluding carboxylic acids is 1. The van der Waals surface area contributed by atoms with E-state index in [1.165, 1.54) is 38.2 Å². The average molecular weight is 357 g/mol. The van der Waals surface area contributed by atoms with Crippen LogP contribution in [0.5, 0.6) is 5.75 Å². The first-order valence-corrected chi connectivity index (χ1v) is 9.64. The van der Waals surface area contributed by atoms with E-state index in [0.29, 0.717) is 11.3 Å². The van der Waals surface area contributed by atoms with Gasteiger partial charge in [-0.05, 0) is 37.0 Å². The summed E-state index contributed by atoms with van der Waals surface area (Å²) in [6.45, 7) is 1.97. The number of amides is 1. The quantitative estimate of drug-likeness (QED) is 0.822. The maximum Gasteiger partial charge on any atom is 0.336 e. The molecule has 0 radical (unpaired) electrons. The number of ether oxygens (including phenoxy) is 1. The Kier molecular flexibility index (Phi) is 6.31. The fourth-order valence-corrected chi connectivity index (χ4v) is 3.61. The van der Waals surface area contributed by atoms with Crippen molar-refractivity contribution in [3.05, 3.63) is 40.2 Å². The molecule has 5 nitrogen and oxygen atoms in total. The lowest BCUT2D eigenvalue weighted by Crippen LogP contribution is -2.38. The fraction of sp³-hybridized carbons (Fsp3) is 0.524. The van der Waals surface area contributed by atoms with Gasteiger partial charge in [0.2, 0.25) is 0 Å². The maximum absolute atomic E-state index is 12.2. The van der Waals surface area contributed by atoms with Crippen LogP contribution in [0.2, 0.25) is 0 Å². The summed E-state index contributed by atoms with van der Waals surface area (Å²) >= 11 is 0. The molecule has 26 heavy (non-hydrogen) atoms. The van der Waals surface area contributed by atoms with Gasteiger partial charge in [-0.15, -0.1) is 0 Å². The van der Waals surface area contributed by atoms with Crippen molar-refractivity contribution in [3.8, 4) is 5.75 Å². The van der Waals surface area contributed by atoms with Crippen molar-refractivity contribution in [3.63, 3.8) is 0 Å². The highest BCUT2D eigenvalue weighted by Gasteiger charge is 2.14. The molecule has 0 saturated heterocycles. The first kappa shape index (κ1) is 18.5. The van der Waals surface area contributed by atoms with Gasteiger partial charge in [-0.3, -0.25) is 4.79 Å². The van der Waals surface area contributed by atoms with Gasteiger partial charge in [0.05, 0.1) is 0 Å². The number of carbonyl (C=O) groups is 1. The van der Waals surface area contributed by atoms with Crippen LogP contribution in [0.15, 0.2) is 33.5 Å². The average Bonchev–Trinajstić information content (AvgIpc) is 2.61. The van der Waals surface area contributed by atoms with Gasteiger partial charge in [0, 0.05) is 23.6 Å². The van der Waals surface area contributed by atoms with Crippen molar-refractivity contribution in [2.75, 3.05) is 6.61 Å². The van der Waals surface area contributed by atoms with Gasteiger partial charge in [0.1, 0.15) is 11.3 Å². The normalized spacial score (nSPS) is 16.0. The topological polar surface area (TPSA) is 68.5 Å². The van der Waals surface area contributed by atoms with Crippen LogP contribution in [0.1, 0.15) is 57.4 Å². The highest BCUT2D eigenvalue weighted by Crippen LogP contribution is 2.23. The molecule has 0 atom stereocenters. The summed E-state index contributed by atoms with van der Waals surface area (Å²) in [5, 5.41) is 3.99. The van der Waals surface area contributed by atoms with Gasteiger partial charge in [-0.25, -0.2) is 4.79 Å². The zero-order valence-electron chi connectivity index (χ0n) is 15.4. The SMILES string of the molecule is CCc1cc(=O)oc2cc(OCC(=O)NC3CCCCCCC3)ccc12.